The number of hydrogen-bond acceptors (Lipinski definition) is 3. The molecule has 0 aromatic heterocycles. The van der Waals surface area contributed by atoms with Gasteiger partial charge in [0, 0.05) is 43.2 Å². The van der Waals surface area contributed by atoms with Crippen LogP contribution in [0.5, 0.6) is 0 Å². The molecule has 2 amide bonds. The molecule has 1 heterocycles. The molecule has 0 spiro atoms. The zero-order valence-electron chi connectivity index (χ0n) is 19.9. The Hall–Kier alpha value is -2.37. The largest absolute Gasteiger partial charge is 0.338 e. The summed E-state index contributed by atoms with van der Waals surface area (Å²) in [6.45, 7) is 5.90. The van der Waals surface area contributed by atoms with E-state index < -0.39 is 0 Å². The predicted octanol–water partition coefficient (Wildman–Crippen LogP) is 5.00. The maximum absolute atomic E-state index is 12.8. The highest BCUT2D eigenvalue weighted by Gasteiger charge is 2.19. The van der Waals surface area contributed by atoms with E-state index in [1.807, 2.05) is 36.1 Å². The van der Waals surface area contributed by atoms with Crippen molar-refractivity contribution in [2.45, 2.75) is 45.4 Å². The van der Waals surface area contributed by atoms with Gasteiger partial charge in [-0.3, -0.25) is 4.79 Å². The number of halogens is 1. The standard InChI is InChI=1S/C27H36ClN3O2/c1-3-29-27(33)31-18-14-21-11-12-24(20-23(21)15-19-31)26(32)10-6-7-16-30(2)17-13-22-8-4-5-9-25(22)28/h4-5,8-9,11-12,20H,3,6-7,10,13-19H2,1-2H3,(H,29,33). The number of ketones is 1. The molecule has 0 atom stereocenters. The van der Waals surface area contributed by atoms with Gasteiger partial charge >= 0.3 is 6.03 Å². The van der Waals surface area contributed by atoms with Gasteiger partial charge in [0.25, 0.3) is 0 Å². The molecule has 3 rings (SSSR count). The van der Waals surface area contributed by atoms with E-state index in [0.717, 1.165) is 62.3 Å². The summed E-state index contributed by atoms with van der Waals surface area (Å²) >= 11 is 6.24. The summed E-state index contributed by atoms with van der Waals surface area (Å²) in [5.41, 5.74) is 4.43. The molecule has 33 heavy (non-hydrogen) atoms. The fraction of sp³-hybridized carbons (Fsp3) is 0.481. The van der Waals surface area contributed by atoms with Gasteiger partial charge in [0.1, 0.15) is 0 Å². The Kier molecular flexibility index (Phi) is 9.76. The lowest BCUT2D eigenvalue weighted by Crippen LogP contribution is -2.41. The van der Waals surface area contributed by atoms with Crippen molar-refractivity contribution < 1.29 is 9.59 Å². The Bertz CT molecular complexity index is 947. The van der Waals surface area contributed by atoms with Crippen LogP contribution in [0.1, 0.15) is 53.2 Å². The molecule has 1 aliphatic heterocycles. The van der Waals surface area contributed by atoms with Crippen molar-refractivity contribution in [3.05, 3.63) is 69.7 Å². The summed E-state index contributed by atoms with van der Waals surface area (Å²) in [5, 5.41) is 3.71. The first-order valence-electron chi connectivity index (χ1n) is 12.1. The molecule has 0 saturated carbocycles. The smallest absolute Gasteiger partial charge is 0.317 e. The van der Waals surface area contributed by atoms with Gasteiger partial charge in [-0.05, 0) is 81.4 Å². The molecule has 0 saturated heterocycles. The molecule has 178 valence electrons. The topological polar surface area (TPSA) is 52.7 Å². The van der Waals surface area contributed by atoms with Crippen LogP contribution in [0.3, 0.4) is 0 Å². The molecule has 1 N–H and O–H groups in total. The molecule has 0 fully saturated rings. The number of urea groups is 1. The number of nitrogens with one attached hydrogen (secondary N) is 1. The fourth-order valence-electron chi connectivity index (χ4n) is 4.30. The summed E-state index contributed by atoms with van der Waals surface area (Å²) in [5.74, 6) is 0.210. The van der Waals surface area contributed by atoms with Gasteiger partial charge in [0.05, 0.1) is 0 Å². The third kappa shape index (κ3) is 7.58. The van der Waals surface area contributed by atoms with Gasteiger partial charge in [0.2, 0.25) is 0 Å². The molecule has 0 bridgehead atoms. The van der Waals surface area contributed by atoms with Crippen LogP contribution in [0, 0.1) is 0 Å². The van der Waals surface area contributed by atoms with E-state index in [2.05, 4.69) is 35.5 Å². The summed E-state index contributed by atoms with van der Waals surface area (Å²) in [6.07, 6.45) is 5.02. The number of likely N-dealkylation sites (N-methyl/N-ethyl adjacent to an activating group) is 1. The lowest BCUT2D eigenvalue weighted by Gasteiger charge is -2.20. The minimum absolute atomic E-state index is 0.00144. The molecule has 5 nitrogen and oxygen atoms in total. The Labute approximate surface area is 203 Å². The first-order valence-corrected chi connectivity index (χ1v) is 12.5. The number of carbonyl (C=O) groups excluding carboxylic acids is 2. The van der Waals surface area contributed by atoms with Crippen LogP contribution in [-0.4, -0.2) is 61.4 Å². The quantitative estimate of drug-likeness (QED) is 0.393. The van der Waals surface area contributed by atoms with Crippen LogP contribution < -0.4 is 5.32 Å². The number of carbonyl (C=O) groups is 2. The molecular weight excluding hydrogens is 434 g/mol. The molecule has 6 heteroatoms. The maximum atomic E-state index is 12.8. The van der Waals surface area contributed by atoms with Crippen LogP contribution in [0.15, 0.2) is 42.5 Å². The normalized spacial score (nSPS) is 13.5. The summed E-state index contributed by atoms with van der Waals surface area (Å²) in [4.78, 5) is 29.1. The van der Waals surface area contributed by atoms with Crippen LogP contribution >= 0.6 is 11.6 Å². The van der Waals surface area contributed by atoms with E-state index in [4.69, 9.17) is 11.6 Å². The molecule has 0 unspecified atom stereocenters. The summed E-state index contributed by atoms with van der Waals surface area (Å²) in [6, 6.07) is 14.1. The van der Waals surface area contributed by atoms with E-state index in [0.29, 0.717) is 19.5 Å². The number of Topliss-reactive ketones (excluding diaryl/α,β-unsaturated/α-hetero) is 1. The Morgan fingerprint density at radius 1 is 1.03 bits per heavy atom. The third-order valence-corrected chi connectivity index (χ3v) is 6.73. The molecular formula is C27H36ClN3O2. The number of unbranched alkanes of at least 4 members (excludes halogenated alkanes) is 1. The second kappa shape index (κ2) is 12.8. The van der Waals surface area contributed by atoms with Crippen molar-refractivity contribution in [1.82, 2.24) is 15.1 Å². The average molecular weight is 470 g/mol. The van der Waals surface area contributed by atoms with Crippen molar-refractivity contribution >= 4 is 23.4 Å². The van der Waals surface area contributed by atoms with E-state index >= 15 is 0 Å². The third-order valence-electron chi connectivity index (χ3n) is 6.36. The first-order chi connectivity index (χ1) is 16.0. The molecule has 2 aromatic carbocycles. The van der Waals surface area contributed by atoms with E-state index in [1.165, 1.54) is 16.7 Å². The van der Waals surface area contributed by atoms with Crippen LogP contribution in [0.25, 0.3) is 0 Å². The van der Waals surface area contributed by atoms with Gasteiger partial charge in [-0.2, -0.15) is 0 Å². The number of nitrogens with zero attached hydrogens (tertiary/aromatic N) is 2. The van der Waals surface area contributed by atoms with Crippen molar-refractivity contribution in [3.63, 3.8) is 0 Å². The van der Waals surface area contributed by atoms with Crippen molar-refractivity contribution in [1.29, 1.82) is 0 Å². The Morgan fingerprint density at radius 2 is 1.79 bits per heavy atom. The van der Waals surface area contributed by atoms with Gasteiger partial charge < -0.3 is 15.1 Å². The fourth-order valence-corrected chi connectivity index (χ4v) is 4.53. The van der Waals surface area contributed by atoms with E-state index in [1.54, 1.807) is 0 Å². The van der Waals surface area contributed by atoms with Gasteiger partial charge in [-0.1, -0.05) is 41.9 Å². The zero-order valence-corrected chi connectivity index (χ0v) is 20.7. The minimum Gasteiger partial charge on any atom is -0.338 e. The minimum atomic E-state index is -0.00144. The molecule has 0 aliphatic carbocycles. The lowest BCUT2D eigenvalue weighted by molar-refractivity contribution is 0.0978. The lowest BCUT2D eigenvalue weighted by atomic mass is 9.97. The molecule has 2 aromatic rings. The maximum Gasteiger partial charge on any atom is 0.317 e. The number of hydrogen-bond donors (Lipinski definition) is 1. The Balaban J connectivity index is 1.41. The number of benzene rings is 2. The van der Waals surface area contributed by atoms with Crippen molar-refractivity contribution in [3.8, 4) is 0 Å². The number of amides is 2. The van der Waals surface area contributed by atoms with Gasteiger partial charge in [-0.25, -0.2) is 4.79 Å². The van der Waals surface area contributed by atoms with Crippen LogP contribution in [0.2, 0.25) is 5.02 Å². The summed E-state index contributed by atoms with van der Waals surface area (Å²) in [7, 11) is 2.12. The van der Waals surface area contributed by atoms with Crippen LogP contribution in [0.4, 0.5) is 4.79 Å². The second-order valence-corrected chi connectivity index (χ2v) is 9.24. The monoisotopic (exact) mass is 469 g/mol. The van der Waals surface area contributed by atoms with Gasteiger partial charge in [-0.15, -0.1) is 0 Å². The van der Waals surface area contributed by atoms with Crippen molar-refractivity contribution in [2.24, 2.45) is 0 Å². The zero-order chi connectivity index (χ0) is 23.6. The second-order valence-electron chi connectivity index (χ2n) is 8.83. The molecule has 1 aliphatic rings. The number of fused-ring (bicyclic) bond motifs is 1. The SMILES string of the molecule is CCNC(=O)N1CCc2ccc(C(=O)CCCCN(C)CCc3ccccc3Cl)cc2CC1. The van der Waals surface area contributed by atoms with Crippen LogP contribution in [-0.2, 0) is 19.3 Å². The highest BCUT2D eigenvalue weighted by Crippen LogP contribution is 2.20. The first kappa shape index (κ1) is 25.3. The highest BCUT2D eigenvalue weighted by atomic mass is 35.5. The molecule has 0 radical (unpaired) electrons. The van der Waals surface area contributed by atoms with E-state index in [9.17, 15) is 9.59 Å². The Morgan fingerprint density at radius 3 is 2.55 bits per heavy atom. The average Bonchev–Trinajstić information content (AvgIpc) is 3.03. The highest BCUT2D eigenvalue weighted by molar-refractivity contribution is 6.31. The van der Waals surface area contributed by atoms with Gasteiger partial charge in [0.15, 0.2) is 5.78 Å². The van der Waals surface area contributed by atoms with Crippen molar-refractivity contribution in [2.75, 3.05) is 39.8 Å². The predicted molar refractivity (Wildman–Crippen MR) is 135 cm³/mol. The summed E-state index contributed by atoms with van der Waals surface area (Å²) < 4.78 is 0. The van der Waals surface area contributed by atoms with E-state index in [-0.39, 0.29) is 11.8 Å². The number of rotatable bonds is 10.